The Morgan fingerprint density at radius 2 is 1.95 bits per heavy atom. The van der Waals surface area contributed by atoms with E-state index in [1.54, 1.807) is 0 Å². The van der Waals surface area contributed by atoms with Crippen molar-refractivity contribution in [1.29, 1.82) is 0 Å². The van der Waals surface area contributed by atoms with Gasteiger partial charge in [-0.25, -0.2) is 0 Å². The van der Waals surface area contributed by atoms with Crippen LogP contribution in [-0.2, 0) is 12.8 Å². The van der Waals surface area contributed by atoms with E-state index in [1.807, 2.05) is 12.1 Å². The van der Waals surface area contributed by atoms with Crippen molar-refractivity contribution in [2.75, 3.05) is 0 Å². The van der Waals surface area contributed by atoms with Gasteiger partial charge in [0.05, 0.1) is 0 Å². The fourth-order valence-electron chi connectivity index (χ4n) is 2.21. The Morgan fingerprint density at radius 3 is 2.63 bits per heavy atom. The van der Waals surface area contributed by atoms with Crippen molar-refractivity contribution in [2.45, 2.75) is 33.1 Å². The van der Waals surface area contributed by atoms with Gasteiger partial charge in [-0.15, -0.1) is 0 Å². The topological polar surface area (TPSA) is 48.6 Å². The van der Waals surface area contributed by atoms with Crippen LogP contribution in [0, 0.1) is 11.7 Å². The molecule has 0 saturated carbocycles. The highest BCUT2D eigenvalue weighted by atomic mass is 32.1. The zero-order valence-corrected chi connectivity index (χ0v) is 12.1. The molecule has 0 unspecified atom stereocenters. The summed E-state index contributed by atoms with van der Waals surface area (Å²) in [6, 6.07) is 8.13. The molecule has 0 saturated heterocycles. The Kier molecular flexibility index (Phi) is 4.32. The second kappa shape index (κ2) is 5.97. The number of aryl methyl sites for hydroxylation is 2. The van der Waals surface area contributed by atoms with Gasteiger partial charge in [-0.2, -0.15) is 0 Å². The van der Waals surface area contributed by atoms with E-state index in [4.69, 9.17) is 12.2 Å². The molecule has 1 heterocycles. The zero-order chi connectivity index (χ0) is 13.8. The molecule has 1 aromatic carbocycles. The predicted octanol–water partition coefficient (Wildman–Crippen LogP) is 3.28. The van der Waals surface area contributed by atoms with Crippen molar-refractivity contribution in [1.82, 2.24) is 9.97 Å². The summed E-state index contributed by atoms with van der Waals surface area (Å²) in [6.07, 6.45) is 2.47. The Bertz CT molecular complexity index is 685. The molecule has 4 heteroatoms. The molecule has 0 radical (unpaired) electrons. The molecule has 2 N–H and O–H groups in total. The van der Waals surface area contributed by atoms with Crippen LogP contribution in [0.25, 0.3) is 0 Å². The maximum absolute atomic E-state index is 12.1. The summed E-state index contributed by atoms with van der Waals surface area (Å²) >= 11 is 5.04. The third-order valence-corrected chi connectivity index (χ3v) is 3.46. The summed E-state index contributed by atoms with van der Waals surface area (Å²) in [5.74, 6) is 0. The first-order valence-electron chi connectivity index (χ1n) is 6.50. The molecule has 0 aliphatic heterocycles. The van der Waals surface area contributed by atoms with E-state index in [2.05, 4.69) is 35.9 Å². The van der Waals surface area contributed by atoms with E-state index < -0.39 is 0 Å². The number of hydrogen-bond donors (Lipinski definition) is 2. The largest absolute Gasteiger partial charge is 0.336 e. The van der Waals surface area contributed by atoms with Crippen LogP contribution in [0.4, 0.5) is 0 Å². The molecule has 19 heavy (non-hydrogen) atoms. The van der Waals surface area contributed by atoms with Crippen LogP contribution < -0.4 is 5.56 Å². The highest BCUT2D eigenvalue weighted by molar-refractivity contribution is 7.71. The maximum Gasteiger partial charge on any atom is 0.255 e. The van der Waals surface area contributed by atoms with Crippen LogP contribution in [0.1, 0.15) is 35.7 Å². The second-order valence-electron chi connectivity index (χ2n) is 4.72. The van der Waals surface area contributed by atoms with Crippen LogP contribution in [0.5, 0.6) is 0 Å². The standard InChI is InChI=1S/C15H18N2OS/c1-3-6-13-12(14(18)17-15(19)16-13)9-11-8-5-4-7-10(11)2/h4-5,7-8H,3,6,9H2,1-2H3,(H2,16,17,18,19). The van der Waals surface area contributed by atoms with Crippen molar-refractivity contribution in [2.24, 2.45) is 0 Å². The summed E-state index contributed by atoms with van der Waals surface area (Å²) < 4.78 is 0.405. The van der Waals surface area contributed by atoms with Gasteiger partial charge >= 0.3 is 0 Å². The fourth-order valence-corrected chi connectivity index (χ4v) is 2.42. The number of aromatic amines is 2. The smallest absolute Gasteiger partial charge is 0.255 e. The van der Waals surface area contributed by atoms with Gasteiger partial charge < -0.3 is 4.98 Å². The lowest BCUT2D eigenvalue weighted by atomic mass is 9.99. The van der Waals surface area contributed by atoms with E-state index in [1.165, 1.54) is 11.1 Å². The molecular weight excluding hydrogens is 256 g/mol. The first kappa shape index (κ1) is 13.7. The zero-order valence-electron chi connectivity index (χ0n) is 11.2. The molecular formula is C15H18N2OS. The number of H-pyrrole nitrogens is 2. The van der Waals surface area contributed by atoms with E-state index >= 15 is 0 Å². The Balaban J connectivity index is 2.48. The van der Waals surface area contributed by atoms with Crippen molar-refractivity contribution < 1.29 is 0 Å². The number of nitrogens with one attached hydrogen (secondary N) is 2. The van der Waals surface area contributed by atoms with E-state index in [0.29, 0.717) is 11.2 Å². The average molecular weight is 274 g/mol. The number of hydrogen-bond acceptors (Lipinski definition) is 2. The van der Waals surface area contributed by atoms with E-state index in [9.17, 15) is 4.79 Å². The second-order valence-corrected chi connectivity index (χ2v) is 5.13. The van der Waals surface area contributed by atoms with Crippen LogP contribution in [0.15, 0.2) is 29.1 Å². The maximum atomic E-state index is 12.1. The van der Waals surface area contributed by atoms with Crippen LogP contribution in [-0.4, -0.2) is 9.97 Å². The van der Waals surface area contributed by atoms with Gasteiger partial charge in [0.15, 0.2) is 4.77 Å². The van der Waals surface area contributed by atoms with Crippen molar-refractivity contribution >= 4 is 12.2 Å². The Hall–Kier alpha value is -1.68. The molecule has 3 nitrogen and oxygen atoms in total. The first-order valence-corrected chi connectivity index (χ1v) is 6.91. The van der Waals surface area contributed by atoms with Gasteiger partial charge in [-0.05, 0) is 36.7 Å². The first-order chi connectivity index (χ1) is 9.11. The van der Waals surface area contributed by atoms with E-state index in [0.717, 1.165) is 24.1 Å². The van der Waals surface area contributed by atoms with Crippen LogP contribution in [0.3, 0.4) is 0 Å². The van der Waals surface area contributed by atoms with Crippen molar-refractivity contribution in [3.05, 3.63) is 61.8 Å². The number of benzene rings is 1. The van der Waals surface area contributed by atoms with Crippen LogP contribution in [0.2, 0.25) is 0 Å². The lowest BCUT2D eigenvalue weighted by molar-refractivity contribution is 0.832. The molecule has 0 atom stereocenters. The fraction of sp³-hybridized carbons (Fsp3) is 0.333. The lowest BCUT2D eigenvalue weighted by Gasteiger charge is -2.09. The minimum absolute atomic E-state index is 0.0737. The van der Waals surface area contributed by atoms with Gasteiger partial charge in [0.25, 0.3) is 5.56 Å². The van der Waals surface area contributed by atoms with Gasteiger partial charge in [0.2, 0.25) is 0 Å². The molecule has 2 aromatic rings. The quantitative estimate of drug-likeness (QED) is 0.841. The number of rotatable bonds is 4. The Morgan fingerprint density at radius 1 is 1.21 bits per heavy atom. The van der Waals surface area contributed by atoms with Gasteiger partial charge in [0, 0.05) is 17.7 Å². The van der Waals surface area contributed by atoms with Gasteiger partial charge in [0.1, 0.15) is 0 Å². The highest BCUT2D eigenvalue weighted by Gasteiger charge is 2.10. The highest BCUT2D eigenvalue weighted by Crippen LogP contribution is 2.14. The molecule has 0 aliphatic carbocycles. The summed E-state index contributed by atoms with van der Waals surface area (Å²) in [7, 11) is 0. The van der Waals surface area contributed by atoms with Gasteiger partial charge in [-0.1, -0.05) is 37.6 Å². The van der Waals surface area contributed by atoms with Crippen molar-refractivity contribution in [3.8, 4) is 0 Å². The van der Waals surface area contributed by atoms with Crippen LogP contribution >= 0.6 is 12.2 Å². The van der Waals surface area contributed by atoms with Gasteiger partial charge in [-0.3, -0.25) is 9.78 Å². The molecule has 0 amide bonds. The summed E-state index contributed by atoms with van der Waals surface area (Å²) in [5, 5.41) is 0. The third-order valence-electron chi connectivity index (χ3n) is 3.26. The molecule has 0 bridgehead atoms. The minimum Gasteiger partial charge on any atom is -0.336 e. The summed E-state index contributed by atoms with van der Waals surface area (Å²) in [5.41, 5.74) is 4.06. The normalized spacial score (nSPS) is 10.6. The number of aromatic nitrogens is 2. The lowest BCUT2D eigenvalue weighted by Crippen LogP contribution is -2.18. The molecule has 0 aliphatic rings. The minimum atomic E-state index is -0.0737. The Labute approximate surface area is 117 Å². The SMILES string of the molecule is CCCc1[nH]c(=S)[nH]c(=O)c1Cc1ccccc1C. The molecule has 2 rings (SSSR count). The van der Waals surface area contributed by atoms with E-state index in [-0.39, 0.29) is 5.56 Å². The summed E-state index contributed by atoms with van der Waals surface area (Å²) in [6.45, 7) is 4.16. The molecule has 100 valence electrons. The molecule has 1 aromatic heterocycles. The predicted molar refractivity (Wildman–Crippen MR) is 80.2 cm³/mol. The monoisotopic (exact) mass is 274 g/mol. The molecule has 0 spiro atoms. The molecule has 0 fully saturated rings. The summed E-state index contributed by atoms with van der Waals surface area (Å²) in [4.78, 5) is 17.9. The third kappa shape index (κ3) is 3.20. The van der Waals surface area contributed by atoms with Crippen molar-refractivity contribution in [3.63, 3.8) is 0 Å². The average Bonchev–Trinajstić information content (AvgIpc) is 2.36.